The lowest BCUT2D eigenvalue weighted by Gasteiger charge is -2.11. The summed E-state index contributed by atoms with van der Waals surface area (Å²) in [6, 6.07) is 14.5. The molecule has 6 heteroatoms. The lowest BCUT2D eigenvalue weighted by Crippen LogP contribution is -2.19. The Morgan fingerprint density at radius 3 is 2.46 bits per heavy atom. The van der Waals surface area contributed by atoms with Gasteiger partial charge in [-0.3, -0.25) is 4.68 Å². The van der Waals surface area contributed by atoms with Gasteiger partial charge in [0.2, 0.25) is 0 Å². The summed E-state index contributed by atoms with van der Waals surface area (Å²) in [6.45, 7) is 0. The standard InChI is InChI=1S/C18H18N4O2/c1-22-12-14(11-19-22)13-7-9-15(10-8-13)20-18(23)21-16-5-3-4-6-17(16)24-2/h3-12H,1-2H3,(H2,20,21,23). The molecule has 1 aromatic heterocycles. The zero-order valence-corrected chi connectivity index (χ0v) is 13.5. The Labute approximate surface area is 140 Å². The highest BCUT2D eigenvalue weighted by Gasteiger charge is 2.07. The van der Waals surface area contributed by atoms with Crippen molar-refractivity contribution in [2.24, 2.45) is 7.05 Å². The maximum atomic E-state index is 12.1. The number of hydrogen-bond donors (Lipinski definition) is 2. The van der Waals surface area contributed by atoms with Crippen LogP contribution in [0.2, 0.25) is 0 Å². The van der Waals surface area contributed by atoms with Crippen LogP contribution in [0.15, 0.2) is 60.9 Å². The number of nitrogens with zero attached hydrogens (tertiary/aromatic N) is 2. The summed E-state index contributed by atoms with van der Waals surface area (Å²) in [6.07, 6.45) is 3.74. The van der Waals surface area contributed by atoms with E-state index in [0.29, 0.717) is 17.1 Å². The van der Waals surface area contributed by atoms with Crippen LogP contribution < -0.4 is 15.4 Å². The molecule has 0 atom stereocenters. The summed E-state index contributed by atoms with van der Waals surface area (Å²) in [7, 11) is 3.44. The van der Waals surface area contributed by atoms with E-state index < -0.39 is 0 Å². The van der Waals surface area contributed by atoms with Gasteiger partial charge in [0.15, 0.2) is 0 Å². The molecule has 24 heavy (non-hydrogen) atoms. The van der Waals surface area contributed by atoms with Crippen LogP contribution in [0.5, 0.6) is 5.75 Å². The lowest BCUT2D eigenvalue weighted by atomic mass is 10.1. The van der Waals surface area contributed by atoms with Gasteiger partial charge in [-0.15, -0.1) is 0 Å². The van der Waals surface area contributed by atoms with Crippen molar-refractivity contribution in [3.63, 3.8) is 0 Å². The van der Waals surface area contributed by atoms with E-state index in [0.717, 1.165) is 11.1 Å². The third kappa shape index (κ3) is 3.55. The molecule has 6 nitrogen and oxygen atoms in total. The molecule has 0 aliphatic rings. The number of nitrogens with one attached hydrogen (secondary N) is 2. The lowest BCUT2D eigenvalue weighted by molar-refractivity contribution is 0.262. The van der Waals surface area contributed by atoms with E-state index in [1.54, 1.807) is 30.1 Å². The Morgan fingerprint density at radius 2 is 1.79 bits per heavy atom. The average Bonchev–Trinajstić information content (AvgIpc) is 3.02. The number of aromatic nitrogens is 2. The molecule has 0 saturated heterocycles. The number of benzene rings is 2. The second-order valence-corrected chi connectivity index (χ2v) is 5.26. The molecule has 122 valence electrons. The molecular formula is C18H18N4O2. The van der Waals surface area contributed by atoms with E-state index in [1.807, 2.05) is 49.6 Å². The molecule has 0 bridgehead atoms. The van der Waals surface area contributed by atoms with Crippen molar-refractivity contribution in [3.8, 4) is 16.9 Å². The number of amides is 2. The van der Waals surface area contributed by atoms with Crippen molar-refractivity contribution in [2.75, 3.05) is 17.7 Å². The molecule has 0 saturated carbocycles. The van der Waals surface area contributed by atoms with E-state index in [2.05, 4.69) is 15.7 Å². The fraction of sp³-hybridized carbons (Fsp3) is 0.111. The molecule has 0 unspecified atom stereocenters. The third-order valence-electron chi connectivity index (χ3n) is 3.54. The first-order chi connectivity index (χ1) is 11.7. The van der Waals surface area contributed by atoms with Crippen molar-refractivity contribution in [1.29, 1.82) is 0 Å². The van der Waals surface area contributed by atoms with Crippen LogP contribution in [0.25, 0.3) is 11.1 Å². The molecule has 0 fully saturated rings. The minimum atomic E-state index is -0.325. The largest absolute Gasteiger partial charge is 0.495 e. The van der Waals surface area contributed by atoms with Crippen molar-refractivity contribution in [2.45, 2.75) is 0 Å². The fourth-order valence-electron chi connectivity index (χ4n) is 2.35. The Bertz CT molecular complexity index is 840. The number of carbonyl (C=O) groups is 1. The topological polar surface area (TPSA) is 68.2 Å². The average molecular weight is 322 g/mol. The molecule has 0 aliphatic heterocycles. The van der Waals surface area contributed by atoms with Gasteiger partial charge < -0.3 is 15.4 Å². The number of anilines is 2. The normalized spacial score (nSPS) is 10.2. The Kier molecular flexibility index (Phi) is 4.47. The number of hydrogen-bond acceptors (Lipinski definition) is 3. The molecule has 2 N–H and O–H groups in total. The highest BCUT2D eigenvalue weighted by Crippen LogP contribution is 2.24. The zero-order chi connectivity index (χ0) is 16.9. The van der Waals surface area contributed by atoms with Crippen LogP contribution in [-0.2, 0) is 7.05 Å². The van der Waals surface area contributed by atoms with E-state index in [-0.39, 0.29) is 6.03 Å². The first-order valence-electron chi connectivity index (χ1n) is 7.46. The van der Waals surface area contributed by atoms with Gasteiger partial charge >= 0.3 is 6.03 Å². The predicted octanol–water partition coefficient (Wildman–Crippen LogP) is 3.74. The first kappa shape index (κ1) is 15.6. The van der Waals surface area contributed by atoms with Crippen molar-refractivity contribution in [1.82, 2.24) is 9.78 Å². The number of ether oxygens (including phenoxy) is 1. The van der Waals surface area contributed by atoms with Gasteiger partial charge in [-0.2, -0.15) is 5.10 Å². The number of rotatable bonds is 4. The van der Waals surface area contributed by atoms with Crippen LogP contribution in [-0.4, -0.2) is 22.9 Å². The Balaban J connectivity index is 1.66. The summed E-state index contributed by atoms with van der Waals surface area (Å²) in [4.78, 5) is 12.1. The number of carbonyl (C=O) groups excluding carboxylic acids is 1. The van der Waals surface area contributed by atoms with Crippen molar-refractivity contribution < 1.29 is 9.53 Å². The summed E-state index contributed by atoms with van der Waals surface area (Å²) >= 11 is 0. The SMILES string of the molecule is COc1ccccc1NC(=O)Nc1ccc(-c2cnn(C)c2)cc1. The molecule has 1 heterocycles. The quantitative estimate of drug-likeness (QED) is 0.769. The van der Waals surface area contributed by atoms with E-state index in [4.69, 9.17) is 4.74 Å². The van der Waals surface area contributed by atoms with Crippen molar-refractivity contribution in [3.05, 3.63) is 60.9 Å². The Hall–Kier alpha value is -3.28. The van der Waals surface area contributed by atoms with Crippen LogP contribution in [0.4, 0.5) is 16.2 Å². The van der Waals surface area contributed by atoms with Gasteiger partial charge in [0.05, 0.1) is 19.0 Å². The second kappa shape index (κ2) is 6.87. The molecule has 2 aromatic carbocycles. The summed E-state index contributed by atoms with van der Waals surface area (Å²) in [5.41, 5.74) is 3.39. The molecule has 0 aliphatic carbocycles. The molecule has 3 aromatic rings. The van der Waals surface area contributed by atoms with E-state index in [9.17, 15) is 4.79 Å². The Morgan fingerprint density at radius 1 is 1.04 bits per heavy atom. The molecular weight excluding hydrogens is 304 g/mol. The van der Waals surface area contributed by atoms with Crippen LogP contribution in [0.1, 0.15) is 0 Å². The fourth-order valence-corrected chi connectivity index (χ4v) is 2.35. The maximum absolute atomic E-state index is 12.1. The predicted molar refractivity (Wildman–Crippen MR) is 94.3 cm³/mol. The number of aryl methyl sites for hydroxylation is 1. The van der Waals surface area contributed by atoms with Crippen LogP contribution in [0.3, 0.4) is 0 Å². The minimum Gasteiger partial charge on any atom is -0.495 e. The van der Waals surface area contributed by atoms with Gasteiger partial charge in [-0.05, 0) is 29.8 Å². The summed E-state index contributed by atoms with van der Waals surface area (Å²) in [5, 5.41) is 9.72. The van der Waals surface area contributed by atoms with Gasteiger partial charge in [-0.25, -0.2) is 4.79 Å². The van der Waals surface area contributed by atoms with Gasteiger partial charge in [0.1, 0.15) is 5.75 Å². The third-order valence-corrected chi connectivity index (χ3v) is 3.54. The molecule has 0 spiro atoms. The van der Waals surface area contributed by atoms with Gasteiger partial charge in [-0.1, -0.05) is 24.3 Å². The minimum absolute atomic E-state index is 0.325. The van der Waals surface area contributed by atoms with Crippen LogP contribution in [0, 0.1) is 0 Å². The highest BCUT2D eigenvalue weighted by molar-refractivity contribution is 6.00. The van der Waals surface area contributed by atoms with E-state index >= 15 is 0 Å². The van der Waals surface area contributed by atoms with Crippen molar-refractivity contribution >= 4 is 17.4 Å². The monoisotopic (exact) mass is 322 g/mol. The second-order valence-electron chi connectivity index (χ2n) is 5.26. The summed E-state index contributed by atoms with van der Waals surface area (Å²) in [5.74, 6) is 0.611. The molecule has 2 amide bonds. The highest BCUT2D eigenvalue weighted by atomic mass is 16.5. The first-order valence-corrected chi connectivity index (χ1v) is 7.46. The zero-order valence-electron chi connectivity index (χ0n) is 13.5. The number of para-hydroxylation sites is 2. The smallest absolute Gasteiger partial charge is 0.323 e. The van der Waals surface area contributed by atoms with Gasteiger partial charge in [0.25, 0.3) is 0 Å². The maximum Gasteiger partial charge on any atom is 0.323 e. The number of methoxy groups -OCH3 is 1. The molecule has 0 radical (unpaired) electrons. The molecule has 3 rings (SSSR count). The van der Waals surface area contributed by atoms with E-state index in [1.165, 1.54) is 0 Å². The van der Waals surface area contributed by atoms with Gasteiger partial charge in [0, 0.05) is 24.5 Å². The summed E-state index contributed by atoms with van der Waals surface area (Å²) < 4.78 is 6.96. The van der Waals surface area contributed by atoms with Crippen LogP contribution >= 0.6 is 0 Å². The number of urea groups is 1.